The summed E-state index contributed by atoms with van der Waals surface area (Å²) in [6, 6.07) is 12.0. The molecule has 0 saturated carbocycles. The van der Waals surface area contributed by atoms with E-state index in [2.05, 4.69) is 0 Å². The second-order valence-corrected chi connectivity index (χ2v) is 8.30. The van der Waals surface area contributed by atoms with E-state index in [9.17, 15) is 14.7 Å². The maximum absolute atomic E-state index is 13.2. The summed E-state index contributed by atoms with van der Waals surface area (Å²) in [5.74, 6) is -0.0535. The van der Waals surface area contributed by atoms with Crippen molar-refractivity contribution in [1.29, 1.82) is 0 Å². The Morgan fingerprint density at radius 1 is 1.18 bits per heavy atom. The summed E-state index contributed by atoms with van der Waals surface area (Å²) in [6.07, 6.45) is 1.64. The Labute approximate surface area is 194 Å². The number of likely N-dealkylation sites (N-methyl/N-ethyl adjacent to an activating group) is 1. The predicted octanol–water partition coefficient (Wildman–Crippen LogP) is 4.14. The molecule has 7 nitrogen and oxygen atoms in total. The van der Waals surface area contributed by atoms with Crippen LogP contribution in [0.1, 0.15) is 43.9 Å². The van der Waals surface area contributed by atoms with Crippen LogP contribution in [0.2, 0.25) is 0 Å². The molecular formula is C26H30N2O5. The van der Waals surface area contributed by atoms with Gasteiger partial charge in [0.1, 0.15) is 23.9 Å². The molecule has 1 atom stereocenters. The zero-order valence-electron chi connectivity index (χ0n) is 19.3. The molecule has 2 aliphatic rings. The van der Waals surface area contributed by atoms with Gasteiger partial charge in [0.2, 0.25) is 0 Å². The van der Waals surface area contributed by atoms with Crippen molar-refractivity contribution >= 4 is 23.1 Å². The number of carbonyl (C=O) groups excluding carboxylic acids is 2. The Kier molecular flexibility index (Phi) is 6.58. The Bertz CT molecular complexity index is 1090. The van der Waals surface area contributed by atoms with E-state index in [0.29, 0.717) is 31.1 Å². The van der Waals surface area contributed by atoms with E-state index in [1.165, 1.54) is 0 Å². The van der Waals surface area contributed by atoms with Crippen LogP contribution in [0.5, 0.6) is 11.5 Å². The summed E-state index contributed by atoms with van der Waals surface area (Å²) in [5, 5.41) is 11.3. The van der Waals surface area contributed by atoms with Gasteiger partial charge in [0.15, 0.2) is 0 Å². The van der Waals surface area contributed by atoms with Crippen molar-refractivity contribution in [3.63, 3.8) is 0 Å². The summed E-state index contributed by atoms with van der Waals surface area (Å²) < 4.78 is 11.3. The zero-order chi connectivity index (χ0) is 23.5. The highest BCUT2D eigenvalue weighted by Crippen LogP contribution is 2.41. The van der Waals surface area contributed by atoms with Crippen LogP contribution >= 0.6 is 0 Å². The van der Waals surface area contributed by atoms with E-state index in [-0.39, 0.29) is 11.3 Å². The number of aliphatic hydroxyl groups is 1. The monoisotopic (exact) mass is 450 g/mol. The van der Waals surface area contributed by atoms with Gasteiger partial charge < -0.3 is 24.4 Å². The normalized spacial score (nSPS) is 19.4. The minimum absolute atomic E-state index is 0.101. The quantitative estimate of drug-likeness (QED) is 0.388. The molecular weight excluding hydrogens is 420 g/mol. The number of Topliss-reactive ketones (excluding diaryl/α,β-unsaturated/α-hetero) is 1. The summed E-state index contributed by atoms with van der Waals surface area (Å²) in [6.45, 7) is 6.19. The van der Waals surface area contributed by atoms with E-state index in [4.69, 9.17) is 9.47 Å². The van der Waals surface area contributed by atoms with E-state index in [1.54, 1.807) is 23.1 Å². The summed E-state index contributed by atoms with van der Waals surface area (Å²) in [5.41, 5.74) is 2.14. The van der Waals surface area contributed by atoms with Gasteiger partial charge in [-0.25, -0.2) is 0 Å². The van der Waals surface area contributed by atoms with E-state index in [0.717, 1.165) is 36.4 Å². The van der Waals surface area contributed by atoms with Crippen LogP contribution in [0.25, 0.3) is 5.76 Å². The molecule has 1 N–H and O–H groups in total. The molecule has 0 aromatic heterocycles. The van der Waals surface area contributed by atoms with Crippen molar-refractivity contribution < 1.29 is 24.2 Å². The third-order valence-corrected chi connectivity index (χ3v) is 6.11. The molecule has 4 rings (SSSR count). The predicted molar refractivity (Wildman–Crippen MR) is 127 cm³/mol. The first-order chi connectivity index (χ1) is 16.0. The van der Waals surface area contributed by atoms with Crippen LogP contribution in [0.3, 0.4) is 0 Å². The number of rotatable bonds is 7. The maximum Gasteiger partial charge on any atom is 0.295 e. The largest absolute Gasteiger partial charge is 0.507 e. The molecule has 1 saturated heterocycles. The first-order valence-electron chi connectivity index (χ1n) is 11.5. The molecule has 1 unspecified atom stereocenters. The van der Waals surface area contributed by atoms with Crippen molar-refractivity contribution in [3.8, 4) is 11.5 Å². The van der Waals surface area contributed by atoms with Crippen molar-refractivity contribution in [1.82, 2.24) is 4.90 Å². The second-order valence-electron chi connectivity index (χ2n) is 8.30. The van der Waals surface area contributed by atoms with Crippen LogP contribution in [0.4, 0.5) is 5.69 Å². The molecule has 2 heterocycles. The van der Waals surface area contributed by atoms with Crippen molar-refractivity contribution in [2.45, 2.75) is 32.7 Å². The standard InChI is InChI=1S/C26H30N2O5/c1-4-6-12-28-23(17-8-7-9-19(15-17)32-5-2)22(25(30)26(28)31)24(29)18-10-11-21-20(16-18)27(3)13-14-33-21/h7-11,15-16,23,29H,4-6,12-14H2,1-3H3/b24-22-. The van der Waals surface area contributed by atoms with Crippen LogP contribution in [0, 0.1) is 0 Å². The average molecular weight is 451 g/mol. The number of unbranched alkanes of at least 4 members (excludes halogenated alkanes) is 1. The number of likely N-dealkylation sites (tertiary alicyclic amines) is 1. The number of hydrogen-bond acceptors (Lipinski definition) is 6. The molecule has 0 aliphatic carbocycles. The SMILES string of the molecule is CCCCN1C(=O)C(=O)/C(=C(\O)c2ccc3c(c2)N(C)CCO3)C1c1cccc(OCC)c1. The van der Waals surface area contributed by atoms with Gasteiger partial charge in [-0.3, -0.25) is 9.59 Å². The minimum atomic E-state index is -0.679. The molecule has 1 amide bonds. The van der Waals surface area contributed by atoms with Gasteiger partial charge >= 0.3 is 0 Å². The highest BCUT2D eigenvalue weighted by atomic mass is 16.5. The summed E-state index contributed by atoms with van der Waals surface area (Å²) in [7, 11) is 1.95. The van der Waals surface area contributed by atoms with E-state index < -0.39 is 17.7 Å². The molecule has 2 aromatic rings. The number of fused-ring (bicyclic) bond motifs is 1. The fourth-order valence-corrected chi connectivity index (χ4v) is 4.38. The fraction of sp³-hybridized carbons (Fsp3) is 0.385. The van der Waals surface area contributed by atoms with Crippen LogP contribution < -0.4 is 14.4 Å². The molecule has 0 radical (unpaired) electrons. The Morgan fingerprint density at radius 3 is 2.76 bits per heavy atom. The minimum Gasteiger partial charge on any atom is -0.507 e. The van der Waals surface area contributed by atoms with Gasteiger partial charge in [-0.2, -0.15) is 0 Å². The lowest BCUT2D eigenvalue weighted by molar-refractivity contribution is -0.139. The molecule has 1 fully saturated rings. The zero-order valence-corrected chi connectivity index (χ0v) is 19.3. The lowest BCUT2D eigenvalue weighted by Crippen LogP contribution is -2.30. The van der Waals surface area contributed by atoms with Crippen molar-refractivity contribution in [2.24, 2.45) is 0 Å². The fourth-order valence-electron chi connectivity index (χ4n) is 4.38. The Hall–Kier alpha value is -3.48. The Balaban J connectivity index is 1.84. The van der Waals surface area contributed by atoms with Gasteiger partial charge in [0.25, 0.3) is 11.7 Å². The number of aliphatic hydroxyl groups excluding tert-OH is 1. The number of ether oxygens (including phenoxy) is 2. The lowest BCUT2D eigenvalue weighted by atomic mass is 9.94. The van der Waals surface area contributed by atoms with E-state index >= 15 is 0 Å². The molecule has 2 aliphatic heterocycles. The van der Waals surface area contributed by atoms with E-state index in [1.807, 2.05) is 50.1 Å². The second kappa shape index (κ2) is 9.57. The smallest absolute Gasteiger partial charge is 0.295 e. The van der Waals surface area contributed by atoms with Crippen LogP contribution in [0.15, 0.2) is 48.0 Å². The first kappa shape index (κ1) is 22.7. The Morgan fingerprint density at radius 2 is 2.00 bits per heavy atom. The van der Waals surface area contributed by atoms with Gasteiger partial charge in [0, 0.05) is 19.2 Å². The third-order valence-electron chi connectivity index (χ3n) is 6.11. The van der Waals surface area contributed by atoms with Crippen molar-refractivity contribution in [3.05, 3.63) is 59.2 Å². The number of nitrogens with zero attached hydrogens (tertiary/aromatic N) is 2. The molecule has 174 valence electrons. The molecule has 0 spiro atoms. The maximum atomic E-state index is 13.2. The van der Waals surface area contributed by atoms with Crippen LogP contribution in [-0.4, -0.2) is 55.0 Å². The molecule has 33 heavy (non-hydrogen) atoms. The number of benzene rings is 2. The third kappa shape index (κ3) is 4.27. The molecule has 0 bridgehead atoms. The van der Waals surface area contributed by atoms with Gasteiger partial charge in [-0.05, 0) is 49.2 Å². The highest BCUT2D eigenvalue weighted by Gasteiger charge is 2.45. The number of carbonyl (C=O) groups is 2. The van der Waals surface area contributed by atoms with Gasteiger partial charge in [-0.1, -0.05) is 25.5 Å². The lowest BCUT2D eigenvalue weighted by Gasteiger charge is -2.28. The number of hydrogen-bond donors (Lipinski definition) is 1. The topological polar surface area (TPSA) is 79.3 Å². The number of amides is 1. The number of anilines is 1. The highest BCUT2D eigenvalue weighted by molar-refractivity contribution is 6.46. The first-order valence-corrected chi connectivity index (χ1v) is 11.5. The summed E-state index contributed by atoms with van der Waals surface area (Å²) >= 11 is 0. The molecule has 2 aromatic carbocycles. The van der Waals surface area contributed by atoms with Crippen LogP contribution in [-0.2, 0) is 9.59 Å². The average Bonchev–Trinajstić information content (AvgIpc) is 3.07. The molecule has 7 heteroatoms. The summed E-state index contributed by atoms with van der Waals surface area (Å²) in [4.78, 5) is 29.8. The van der Waals surface area contributed by atoms with Crippen molar-refractivity contribution in [2.75, 3.05) is 38.3 Å². The van der Waals surface area contributed by atoms with Gasteiger partial charge in [-0.15, -0.1) is 0 Å². The van der Waals surface area contributed by atoms with Gasteiger partial charge in [0.05, 0.1) is 30.5 Å². The number of ketones is 1.